The van der Waals surface area contributed by atoms with Gasteiger partial charge in [-0.05, 0) is 25.7 Å². The summed E-state index contributed by atoms with van der Waals surface area (Å²) in [5, 5.41) is 3.58. The molecule has 0 spiro atoms. The normalized spacial score (nSPS) is 37.5. The van der Waals surface area contributed by atoms with Gasteiger partial charge in [0.15, 0.2) is 0 Å². The van der Waals surface area contributed by atoms with Crippen molar-refractivity contribution < 1.29 is 4.79 Å². The lowest BCUT2D eigenvalue weighted by atomic mass is 9.98. The van der Waals surface area contributed by atoms with Crippen molar-refractivity contribution in [3.8, 4) is 0 Å². The molecule has 13 heavy (non-hydrogen) atoms. The number of carbonyl (C=O) groups excluding carboxylic acids is 1. The average molecular weight is 182 g/mol. The van der Waals surface area contributed by atoms with Crippen LogP contribution in [0.15, 0.2) is 0 Å². The molecule has 0 aliphatic carbocycles. The van der Waals surface area contributed by atoms with Gasteiger partial charge < -0.3 is 10.2 Å². The minimum atomic E-state index is 0.200. The van der Waals surface area contributed by atoms with Crippen molar-refractivity contribution in [3.63, 3.8) is 0 Å². The molecule has 2 bridgehead atoms. The van der Waals surface area contributed by atoms with E-state index in [1.807, 2.05) is 11.9 Å². The molecule has 2 aliphatic rings. The molecule has 2 rings (SSSR count). The number of amides is 1. The van der Waals surface area contributed by atoms with Gasteiger partial charge in [0.25, 0.3) is 0 Å². The Balaban J connectivity index is 1.98. The molecular formula is C10H18N2O. The second-order valence-corrected chi connectivity index (χ2v) is 4.39. The predicted octanol–water partition coefficient (Wildman–Crippen LogP) is 0.748. The van der Waals surface area contributed by atoms with Crippen molar-refractivity contribution in [2.75, 3.05) is 7.05 Å². The molecule has 0 radical (unpaired) electrons. The van der Waals surface area contributed by atoms with E-state index in [1.54, 1.807) is 6.92 Å². The lowest BCUT2D eigenvalue weighted by Crippen LogP contribution is -2.48. The van der Waals surface area contributed by atoms with Gasteiger partial charge in [0.05, 0.1) is 0 Å². The van der Waals surface area contributed by atoms with E-state index in [9.17, 15) is 4.79 Å². The van der Waals surface area contributed by atoms with Crippen LogP contribution in [-0.4, -0.2) is 36.0 Å². The van der Waals surface area contributed by atoms with E-state index in [1.165, 1.54) is 12.8 Å². The van der Waals surface area contributed by atoms with Gasteiger partial charge in [0.1, 0.15) is 0 Å². The van der Waals surface area contributed by atoms with Crippen molar-refractivity contribution in [2.24, 2.45) is 0 Å². The van der Waals surface area contributed by atoms with E-state index >= 15 is 0 Å². The molecule has 3 nitrogen and oxygen atoms in total. The van der Waals surface area contributed by atoms with Crippen molar-refractivity contribution >= 4 is 5.91 Å². The lowest BCUT2D eigenvalue weighted by molar-refractivity contribution is -0.130. The minimum Gasteiger partial charge on any atom is -0.343 e. The van der Waals surface area contributed by atoms with Gasteiger partial charge in [-0.1, -0.05) is 0 Å². The first kappa shape index (κ1) is 9.00. The molecule has 0 aromatic carbocycles. The Morgan fingerprint density at radius 1 is 1.31 bits per heavy atom. The number of hydrogen-bond donors (Lipinski definition) is 1. The van der Waals surface area contributed by atoms with Crippen LogP contribution in [0, 0.1) is 0 Å². The number of carbonyl (C=O) groups is 1. The Kier molecular flexibility index (Phi) is 2.28. The highest BCUT2D eigenvalue weighted by Gasteiger charge is 2.35. The van der Waals surface area contributed by atoms with E-state index in [0.717, 1.165) is 12.8 Å². The topological polar surface area (TPSA) is 32.3 Å². The average Bonchev–Trinajstić information content (AvgIpc) is 2.44. The van der Waals surface area contributed by atoms with Crippen LogP contribution in [0.2, 0.25) is 0 Å². The summed E-state index contributed by atoms with van der Waals surface area (Å²) in [5.41, 5.74) is 0. The fourth-order valence-corrected chi connectivity index (χ4v) is 2.60. The van der Waals surface area contributed by atoms with E-state index in [4.69, 9.17) is 0 Å². The van der Waals surface area contributed by atoms with E-state index in [2.05, 4.69) is 5.32 Å². The SMILES string of the molecule is CC(=O)N(C)C1C[C@H]2CC[C@@H](C1)N2. The van der Waals surface area contributed by atoms with Crippen LogP contribution in [0.1, 0.15) is 32.6 Å². The zero-order chi connectivity index (χ0) is 9.42. The number of rotatable bonds is 1. The van der Waals surface area contributed by atoms with E-state index in [0.29, 0.717) is 18.1 Å². The summed E-state index contributed by atoms with van der Waals surface area (Å²) in [4.78, 5) is 13.1. The molecule has 2 heterocycles. The van der Waals surface area contributed by atoms with Crippen LogP contribution in [0.25, 0.3) is 0 Å². The highest BCUT2D eigenvalue weighted by atomic mass is 16.2. The molecule has 0 saturated carbocycles. The molecule has 74 valence electrons. The number of fused-ring (bicyclic) bond motifs is 2. The number of hydrogen-bond acceptors (Lipinski definition) is 2. The third-order valence-corrected chi connectivity index (χ3v) is 3.49. The molecule has 1 unspecified atom stereocenters. The van der Waals surface area contributed by atoms with Gasteiger partial charge in [-0.25, -0.2) is 0 Å². The maximum absolute atomic E-state index is 11.2. The van der Waals surface area contributed by atoms with Gasteiger partial charge in [0, 0.05) is 32.1 Å². The Bertz CT molecular complexity index is 205. The molecule has 0 aromatic heterocycles. The van der Waals surface area contributed by atoms with Gasteiger partial charge in [0.2, 0.25) is 5.91 Å². The van der Waals surface area contributed by atoms with Crippen LogP contribution >= 0.6 is 0 Å². The fraction of sp³-hybridized carbons (Fsp3) is 0.900. The van der Waals surface area contributed by atoms with E-state index < -0.39 is 0 Å². The molecule has 1 N–H and O–H groups in total. The lowest BCUT2D eigenvalue weighted by Gasteiger charge is -2.35. The zero-order valence-electron chi connectivity index (χ0n) is 8.42. The summed E-state index contributed by atoms with van der Waals surface area (Å²) in [6.45, 7) is 1.66. The summed E-state index contributed by atoms with van der Waals surface area (Å²) < 4.78 is 0. The first-order valence-corrected chi connectivity index (χ1v) is 5.16. The summed E-state index contributed by atoms with van der Waals surface area (Å²) in [6.07, 6.45) is 4.89. The van der Waals surface area contributed by atoms with Crippen molar-refractivity contribution in [2.45, 2.75) is 50.7 Å². The van der Waals surface area contributed by atoms with Crippen molar-refractivity contribution in [3.05, 3.63) is 0 Å². The number of piperidine rings is 1. The van der Waals surface area contributed by atoms with Crippen LogP contribution in [0.4, 0.5) is 0 Å². The van der Waals surface area contributed by atoms with Gasteiger partial charge >= 0.3 is 0 Å². The number of nitrogens with zero attached hydrogens (tertiary/aromatic N) is 1. The smallest absolute Gasteiger partial charge is 0.219 e. The summed E-state index contributed by atoms with van der Waals surface area (Å²) in [5.74, 6) is 0.200. The fourth-order valence-electron chi connectivity index (χ4n) is 2.60. The maximum Gasteiger partial charge on any atom is 0.219 e. The third kappa shape index (κ3) is 1.70. The van der Waals surface area contributed by atoms with Gasteiger partial charge in [-0.2, -0.15) is 0 Å². The monoisotopic (exact) mass is 182 g/mol. The Morgan fingerprint density at radius 2 is 1.85 bits per heavy atom. The number of nitrogens with one attached hydrogen (secondary N) is 1. The largest absolute Gasteiger partial charge is 0.343 e. The molecule has 2 saturated heterocycles. The molecule has 1 amide bonds. The summed E-state index contributed by atoms with van der Waals surface area (Å²) in [6, 6.07) is 1.83. The molecule has 2 fully saturated rings. The second kappa shape index (κ2) is 3.29. The van der Waals surface area contributed by atoms with Gasteiger partial charge in [-0.3, -0.25) is 4.79 Å². The standard InChI is InChI=1S/C10H18N2O/c1-7(13)12(2)10-5-8-3-4-9(6-10)11-8/h8-11H,3-6H2,1-2H3/t8-,9+,10?. The molecule has 3 heteroatoms. The van der Waals surface area contributed by atoms with Crippen molar-refractivity contribution in [1.29, 1.82) is 0 Å². The molecule has 0 aromatic rings. The Hall–Kier alpha value is -0.570. The summed E-state index contributed by atoms with van der Waals surface area (Å²) in [7, 11) is 1.93. The second-order valence-electron chi connectivity index (χ2n) is 4.39. The molecule has 2 aliphatic heterocycles. The van der Waals surface area contributed by atoms with Crippen LogP contribution in [-0.2, 0) is 4.79 Å². The first-order valence-electron chi connectivity index (χ1n) is 5.16. The first-order chi connectivity index (χ1) is 6.16. The van der Waals surface area contributed by atoms with Crippen LogP contribution in [0.5, 0.6) is 0 Å². The van der Waals surface area contributed by atoms with Crippen LogP contribution < -0.4 is 5.32 Å². The zero-order valence-corrected chi connectivity index (χ0v) is 8.42. The summed E-state index contributed by atoms with van der Waals surface area (Å²) >= 11 is 0. The minimum absolute atomic E-state index is 0.200. The quantitative estimate of drug-likeness (QED) is 0.649. The van der Waals surface area contributed by atoms with Gasteiger partial charge in [-0.15, -0.1) is 0 Å². The van der Waals surface area contributed by atoms with Crippen LogP contribution in [0.3, 0.4) is 0 Å². The molecular weight excluding hydrogens is 164 g/mol. The van der Waals surface area contributed by atoms with E-state index in [-0.39, 0.29) is 5.91 Å². The van der Waals surface area contributed by atoms with Crippen molar-refractivity contribution in [1.82, 2.24) is 10.2 Å². The molecule has 3 atom stereocenters. The Morgan fingerprint density at radius 3 is 2.31 bits per heavy atom. The highest BCUT2D eigenvalue weighted by molar-refractivity contribution is 5.73. The Labute approximate surface area is 79.5 Å². The predicted molar refractivity (Wildman–Crippen MR) is 51.4 cm³/mol. The highest BCUT2D eigenvalue weighted by Crippen LogP contribution is 2.29. The maximum atomic E-state index is 11.2. The third-order valence-electron chi connectivity index (χ3n) is 3.49.